The summed E-state index contributed by atoms with van der Waals surface area (Å²) in [5.41, 5.74) is 0. The first-order chi connectivity index (χ1) is 10.3. The summed E-state index contributed by atoms with van der Waals surface area (Å²) in [6.45, 7) is 0.548. The van der Waals surface area contributed by atoms with Crippen LogP contribution in [0.25, 0.3) is 5.95 Å². The van der Waals surface area contributed by atoms with Gasteiger partial charge >= 0.3 is 0 Å². The van der Waals surface area contributed by atoms with Crippen molar-refractivity contribution in [2.24, 2.45) is 0 Å². The Balaban J connectivity index is 1.73. The minimum Gasteiger partial charge on any atom is -0.357 e. The Morgan fingerprint density at radius 3 is 2.81 bits per heavy atom. The van der Waals surface area contributed by atoms with Gasteiger partial charge in [0.2, 0.25) is 17.8 Å². The van der Waals surface area contributed by atoms with Crippen LogP contribution in [0.4, 0.5) is 11.9 Å². The molecule has 3 heterocycles. The Hall–Kier alpha value is -3.11. The highest BCUT2D eigenvalue weighted by Gasteiger charge is 2.08. The second-order valence-corrected chi connectivity index (χ2v) is 3.88. The molecule has 0 saturated heterocycles. The zero-order valence-corrected chi connectivity index (χ0v) is 11.1. The number of nitrogens with zero attached hydrogens (tertiary/aromatic N) is 8. The summed E-state index contributed by atoms with van der Waals surface area (Å²) in [6.07, 6.45) is 4.85. The predicted octanol–water partition coefficient (Wildman–Crippen LogP) is -0.468. The van der Waals surface area contributed by atoms with Crippen LogP contribution in [0.5, 0.6) is 0 Å². The van der Waals surface area contributed by atoms with E-state index in [1.165, 1.54) is 23.7 Å². The number of nitrogens with one attached hydrogen (secondary N) is 2. The lowest BCUT2D eigenvalue weighted by Crippen LogP contribution is -2.13. The molecule has 3 aromatic rings. The summed E-state index contributed by atoms with van der Waals surface area (Å²) >= 11 is 0. The maximum absolute atomic E-state index is 4.91. The van der Waals surface area contributed by atoms with E-state index in [1.54, 1.807) is 7.05 Å². The molecule has 11 nitrogen and oxygen atoms in total. The largest absolute Gasteiger partial charge is 0.357 e. The molecule has 3 rings (SSSR count). The fourth-order valence-corrected chi connectivity index (χ4v) is 1.56. The molecule has 0 fully saturated rings. The second kappa shape index (κ2) is 5.90. The number of rotatable bonds is 6. The van der Waals surface area contributed by atoms with Crippen molar-refractivity contribution in [2.75, 3.05) is 24.2 Å². The van der Waals surface area contributed by atoms with Crippen LogP contribution in [0.3, 0.4) is 0 Å². The van der Waals surface area contributed by atoms with Gasteiger partial charge in [0.25, 0.3) is 5.95 Å². The third-order valence-corrected chi connectivity index (χ3v) is 2.50. The highest BCUT2D eigenvalue weighted by atomic mass is 16.5. The maximum atomic E-state index is 4.91. The molecule has 0 radical (unpaired) electrons. The van der Waals surface area contributed by atoms with Crippen molar-refractivity contribution < 1.29 is 4.52 Å². The number of hydrogen-bond acceptors (Lipinski definition) is 10. The molecule has 3 aromatic heterocycles. The summed E-state index contributed by atoms with van der Waals surface area (Å²) in [7, 11) is 1.72. The molecule has 0 amide bonds. The fraction of sp³-hybridized carbons (Fsp3) is 0.300. The molecule has 21 heavy (non-hydrogen) atoms. The molecule has 0 atom stereocenters. The van der Waals surface area contributed by atoms with Crippen LogP contribution in [-0.4, -0.2) is 53.4 Å². The van der Waals surface area contributed by atoms with Crippen LogP contribution in [0.1, 0.15) is 5.89 Å². The van der Waals surface area contributed by atoms with Crippen LogP contribution < -0.4 is 10.6 Å². The molecule has 11 heteroatoms. The van der Waals surface area contributed by atoms with Crippen molar-refractivity contribution in [2.45, 2.75) is 6.42 Å². The molecule has 2 N–H and O–H groups in total. The second-order valence-electron chi connectivity index (χ2n) is 3.88. The van der Waals surface area contributed by atoms with Crippen LogP contribution in [0, 0.1) is 0 Å². The first kappa shape index (κ1) is 12.9. The van der Waals surface area contributed by atoms with E-state index in [4.69, 9.17) is 4.52 Å². The van der Waals surface area contributed by atoms with Gasteiger partial charge in [-0.05, 0) is 0 Å². The van der Waals surface area contributed by atoms with Crippen molar-refractivity contribution in [3.05, 3.63) is 24.9 Å². The smallest absolute Gasteiger partial charge is 0.258 e. The first-order valence-corrected chi connectivity index (χ1v) is 6.13. The molecule has 0 aliphatic heterocycles. The lowest BCUT2D eigenvalue weighted by atomic mass is 10.4. The van der Waals surface area contributed by atoms with E-state index < -0.39 is 0 Å². The van der Waals surface area contributed by atoms with Crippen molar-refractivity contribution in [3.63, 3.8) is 0 Å². The van der Waals surface area contributed by atoms with Gasteiger partial charge in [-0.25, -0.2) is 4.98 Å². The molecule has 0 aliphatic carbocycles. The van der Waals surface area contributed by atoms with E-state index in [1.807, 2.05) is 0 Å². The Morgan fingerprint density at radius 2 is 2.10 bits per heavy atom. The SMILES string of the molecule is CNc1nc(NCCc2ncno2)nc(-n2cncn2)n1. The van der Waals surface area contributed by atoms with Gasteiger partial charge in [-0.3, -0.25) is 0 Å². The minimum absolute atomic E-state index is 0.368. The van der Waals surface area contributed by atoms with Gasteiger partial charge in [0, 0.05) is 20.0 Å². The maximum Gasteiger partial charge on any atom is 0.258 e. The summed E-state index contributed by atoms with van der Waals surface area (Å²) in [4.78, 5) is 20.5. The lowest BCUT2D eigenvalue weighted by molar-refractivity contribution is 0.379. The van der Waals surface area contributed by atoms with Crippen molar-refractivity contribution in [1.29, 1.82) is 0 Å². The van der Waals surface area contributed by atoms with Gasteiger partial charge in [-0.15, -0.1) is 0 Å². The van der Waals surface area contributed by atoms with E-state index >= 15 is 0 Å². The van der Waals surface area contributed by atoms with Gasteiger partial charge < -0.3 is 15.2 Å². The number of aromatic nitrogens is 8. The number of hydrogen-bond donors (Lipinski definition) is 2. The molecule has 0 saturated carbocycles. The molecule has 0 unspecified atom stereocenters. The minimum atomic E-state index is 0.368. The summed E-state index contributed by atoms with van der Waals surface area (Å²) < 4.78 is 6.36. The van der Waals surface area contributed by atoms with E-state index in [2.05, 4.69) is 45.8 Å². The normalized spacial score (nSPS) is 10.5. The monoisotopic (exact) mass is 288 g/mol. The van der Waals surface area contributed by atoms with E-state index in [-0.39, 0.29) is 0 Å². The zero-order chi connectivity index (χ0) is 14.5. The molecule has 0 aromatic carbocycles. The highest BCUT2D eigenvalue weighted by Crippen LogP contribution is 2.07. The van der Waals surface area contributed by atoms with Crippen LogP contribution >= 0.6 is 0 Å². The first-order valence-electron chi connectivity index (χ1n) is 6.13. The Morgan fingerprint density at radius 1 is 1.19 bits per heavy atom. The number of anilines is 2. The van der Waals surface area contributed by atoms with Gasteiger partial charge in [-0.2, -0.15) is 29.7 Å². The Labute approximate surface area is 118 Å². The van der Waals surface area contributed by atoms with Crippen molar-refractivity contribution in [1.82, 2.24) is 39.9 Å². The molecule has 0 aliphatic rings. The zero-order valence-electron chi connectivity index (χ0n) is 11.1. The third kappa shape index (κ3) is 3.08. The Bertz CT molecular complexity index is 680. The van der Waals surface area contributed by atoms with Gasteiger partial charge in [-0.1, -0.05) is 5.16 Å². The summed E-state index contributed by atoms with van der Waals surface area (Å²) in [6, 6.07) is 0. The standard InChI is InChI=1S/C10H12N10O/c1-11-8-17-9(13-3-2-7-14-5-16-21-7)19-10(18-8)20-6-12-4-15-20/h4-6H,2-3H2,1H3,(H2,11,13,17,18,19). The Kier molecular flexibility index (Phi) is 3.62. The molecular weight excluding hydrogens is 276 g/mol. The molecule has 108 valence electrons. The van der Waals surface area contributed by atoms with Crippen LogP contribution in [0.2, 0.25) is 0 Å². The van der Waals surface area contributed by atoms with Crippen LogP contribution in [0.15, 0.2) is 23.5 Å². The molecule has 0 spiro atoms. The quantitative estimate of drug-likeness (QED) is 0.613. The molecule has 0 bridgehead atoms. The predicted molar refractivity (Wildman–Crippen MR) is 70.8 cm³/mol. The third-order valence-electron chi connectivity index (χ3n) is 2.50. The average Bonchev–Trinajstić information content (AvgIpc) is 3.20. The van der Waals surface area contributed by atoms with Gasteiger partial charge in [0.1, 0.15) is 12.7 Å². The van der Waals surface area contributed by atoms with E-state index in [0.717, 1.165) is 0 Å². The van der Waals surface area contributed by atoms with Crippen molar-refractivity contribution in [3.8, 4) is 5.95 Å². The van der Waals surface area contributed by atoms with Crippen LogP contribution in [-0.2, 0) is 6.42 Å². The topological polar surface area (TPSA) is 132 Å². The average molecular weight is 288 g/mol. The van der Waals surface area contributed by atoms with E-state index in [9.17, 15) is 0 Å². The highest BCUT2D eigenvalue weighted by molar-refractivity contribution is 5.37. The fourth-order valence-electron chi connectivity index (χ4n) is 1.56. The van der Waals surface area contributed by atoms with Gasteiger partial charge in [0.15, 0.2) is 6.33 Å². The van der Waals surface area contributed by atoms with Gasteiger partial charge in [0.05, 0.1) is 0 Å². The lowest BCUT2D eigenvalue weighted by Gasteiger charge is -2.07. The summed E-state index contributed by atoms with van der Waals surface area (Å²) in [5.74, 6) is 1.75. The van der Waals surface area contributed by atoms with E-state index in [0.29, 0.717) is 36.7 Å². The molecular formula is C10H12N10O. The van der Waals surface area contributed by atoms with Crippen molar-refractivity contribution >= 4 is 11.9 Å². The summed E-state index contributed by atoms with van der Waals surface area (Å²) in [5, 5.41) is 13.5.